The Balaban J connectivity index is 0.00000650. The molecular weight excluding hydrogens is 666 g/mol. The van der Waals surface area contributed by atoms with E-state index in [0.29, 0.717) is 5.92 Å². The Labute approximate surface area is 308 Å². The number of ether oxygens (including phenoxy) is 2. The Kier molecular flexibility index (Phi) is 17.7. The Bertz CT molecular complexity index is 1480. The largest absolute Gasteiger partial charge is 0.494 e. The molecule has 0 bridgehead atoms. The fraction of sp³-hybridized carbons (Fsp3) is 0.422. The smallest absolute Gasteiger partial charge is 0.119 e. The maximum atomic E-state index is 6.25. The van der Waals surface area contributed by atoms with E-state index in [0.717, 1.165) is 48.7 Å². The summed E-state index contributed by atoms with van der Waals surface area (Å²) in [7, 11) is 0. The molecule has 0 aliphatic carbocycles. The van der Waals surface area contributed by atoms with Gasteiger partial charge in [0.1, 0.15) is 11.5 Å². The minimum Gasteiger partial charge on any atom is -0.494 e. The fourth-order valence-corrected chi connectivity index (χ4v) is 6.10. The van der Waals surface area contributed by atoms with Crippen LogP contribution in [0.15, 0.2) is 109 Å². The first-order valence-corrected chi connectivity index (χ1v) is 18.5. The third-order valence-corrected chi connectivity index (χ3v) is 9.50. The van der Waals surface area contributed by atoms with Gasteiger partial charge in [-0.05, 0) is 96.7 Å². The van der Waals surface area contributed by atoms with Crippen LogP contribution in [0.4, 0.5) is 0 Å². The SMILES string of the molecule is Br.CCCCCCCCOc1ccc(C(=C(c2ccccc2)c2ccc(OCCCCCCC(C)C(C)(C)N)cc2)c2ccccc2)cc1. The van der Waals surface area contributed by atoms with Gasteiger partial charge in [-0.3, -0.25) is 0 Å². The van der Waals surface area contributed by atoms with Crippen molar-refractivity contribution < 1.29 is 9.47 Å². The van der Waals surface area contributed by atoms with Gasteiger partial charge in [-0.25, -0.2) is 0 Å². The van der Waals surface area contributed by atoms with Crippen molar-refractivity contribution in [3.05, 3.63) is 131 Å². The summed E-state index contributed by atoms with van der Waals surface area (Å²) in [5.41, 5.74) is 13.2. The van der Waals surface area contributed by atoms with Crippen LogP contribution in [0.3, 0.4) is 0 Å². The zero-order valence-corrected chi connectivity index (χ0v) is 32.2. The summed E-state index contributed by atoms with van der Waals surface area (Å²) in [6.45, 7) is 10.3. The summed E-state index contributed by atoms with van der Waals surface area (Å²) < 4.78 is 12.3. The third-order valence-electron chi connectivity index (χ3n) is 9.50. The minimum atomic E-state index is -0.0983. The van der Waals surface area contributed by atoms with Gasteiger partial charge in [0.05, 0.1) is 13.2 Å². The fourth-order valence-electron chi connectivity index (χ4n) is 6.10. The maximum Gasteiger partial charge on any atom is 0.119 e. The van der Waals surface area contributed by atoms with E-state index in [-0.39, 0.29) is 22.5 Å². The summed E-state index contributed by atoms with van der Waals surface area (Å²) >= 11 is 0. The monoisotopic (exact) mass is 725 g/mol. The molecule has 4 rings (SSSR count). The van der Waals surface area contributed by atoms with Crippen LogP contribution in [0, 0.1) is 5.92 Å². The predicted octanol–water partition coefficient (Wildman–Crippen LogP) is 12.7. The second-order valence-corrected chi connectivity index (χ2v) is 13.9. The molecule has 2 N–H and O–H groups in total. The van der Waals surface area contributed by atoms with Crippen LogP contribution in [0.2, 0.25) is 0 Å². The molecule has 4 aromatic rings. The highest BCUT2D eigenvalue weighted by Gasteiger charge is 2.19. The van der Waals surface area contributed by atoms with Crippen molar-refractivity contribution >= 4 is 28.1 Å². The van der Waals surface area contributed by atoms with Gasteiger partial charge >= 0.3 is 0 Å². The number of benzene rings is 4. The van der Waals surface area contributed by atoms with Crippen LogP contribution in [-0.2, 0) is 0 Å². The molecule has 1 unspecified atom stereocenters. The van der Waals surface area contributed by atoms with Gasteiger partial charge in [-0.1, -0.05) is 150 Å². The van der Waals surface area contributed by atoms with Crippen molar-refractivity contribution in [2.75, 3.05) is 13.2 Å². The summed E-state index contributed by atoms with van der Waals surface area (Å²) in [5, 5.41) is 0. The zero-order valence-electron chi connectivity index (χ0n) is 30.5. The van der Waals surface area contributed by atoms with E-state index in [4.69, 9.17) is 15.2 Å². The molecule has 264 valence electrons. The molecule has 3 nitrogen and oxygen atoms in total. The average Bonchev–Trinajstić information content (AvgIpc) is 3.11. The molecule has 0 aromatic heterocycles. The van der Waals surface area contributed by atoms with Crippen molar-refractivity contribution in [1.82, 2.24) is 0 Å². The van der Waals surface area contributed by atoms with E-state index in [1.807, 2.05) is 0 Å². The zero-order chi connectivity index (χ0) is 34.0. The molecule has 49 heavy (non-hydrogen) atoms. The normalized spacial score (nSPS) is 12.5. The number of halogens is 1. The molecule has 4 aromatic carbocycles. The van der Waals surface area contributed by atoms with Crippen molar-refractivity contribution in [3.8, 4) is 11.5 Å². The van der Waals surface area contributed by atoms with Crippen molar-refractivity contribution in [3.63, 3.8) is 0 Å². The first kappa shape index (κ1) is 40.1. The van der Waals surface area contributed by atoms with Crippen molar-refractivity contribution in [2.24, 2.45) is 11.7 Å². The van der Waals surface area contributed by atoms with Crippen LogP contribution < -0.4 is 15.2 Å². The maximum absolute atomic E-state index is 6.25. The molecule has 1 atom stereocenters. The van der Waals surface area contributed by atoms with E-state index in [9.17, 15) is 0 Å². The second kappa shape index (κ2) is 21.7. The average molecular weight is 727 g/mol. The molecule has 0 spiro atoms. The molecule has 0 heterocycles. The third kappa shape index (κ3) is 13.5. The van der Waals surface area contributed by atoms with Gasteiger partial charge in [0, 0.05) is 5.54 Å². The Hall–Kier alpha value is -3.34. The van der Waals surface area contributed by atoms with Gasteiger partial charge < -0.3 is 15.2 Å². The first-order valence-electron chi connectivity index (χ1n) is 18.5. The molecule has 0 aliphatic rings. The lowest BCUT2D eigenvalue weighted by molar-refractivity contribution is 0.295. The molecule has 0 saturated carbocycles. The van der Waals surface area contributed by atoms with Crippen LogP contribution in [-0.4, -0.2) is 18.8 Å². The lowest BCUT2D eigenvalue weighted by Crippen LogP contribution is -2.39. The summed E-state index contributed by atoms with van der Waals surface area (Å²) in [5.74, 6) is 2.38. The van der Waals surface area contributed by atoms with E-state index >= 15 is 0 Å². The quantitative estimate of drug-likeness (QED) is 0.0687. The highest BCUT2D eigenvalue weighted by atomic mass is 79.9. The molecule has 0 radical (unpaired) electrons. The highest BCUT2D eigenvalue weighted by molar-refractivity contribution is 8.93. The summed E-state index contributed by atoms with van der Waals surface area (Å²) in [6.07, 6.45) is 13.5. The summed E-state index contributed by atoms with van der Waals surface area (Å²) in [6, 6.07) is 38.7. The molecule has 0 amide bonds. The molecule has 0 saturated heterocycles. The van der Waals surface area contributed by atoms with Crippen LogP contribution in [0.5, 0.6) is 11.5 Å². The standard InChI is InChI=1S/C45H59NO2.BrH/c1-5-6-7-8-10-19-34-47-41-30-26-39(27-31-41)43(37-22-15-12-16-23-37)44(38-24-17-13-18-25-38)40-28-32-42(33-29-40)48-35-20-11-9-14-21-36(2)45(3,4)46;/h12-13,15-18,22-33,36H,5-11,14,19-21,34-35,46H2,1-4H3;1H. The first-order chi connectivity index (χ1) is 23.4. The van der Waals surface area contributed by atoms with E-state index in [1.165, 1.54) is 80.1 Å². The van der Waals surface area contributed by atoms with Gasteiger partial charge in [-0.15, -0.1) is 17.0 Å². The summed E-state index contributed by atoms with van der Waals surface area (Å²) in [4.78, 5) is 0. The van der Waals surface area contributed by atoms with Crippen LogP contribution >= 0.6 is 17.0 Å². The van der Waals surface area contributed by atoms with Crippen molar-refractivity contribution in [1.29, 1.82) is 0 Å². The molecular formula is C45H60BrNO2. The molecule has 0 aliphatic heterocycles. The van der Waals surface area contributed by atoms with Crippen LogP contribution in [0.25, 0.3) is 11.1 Å². The lowest BCUT2D eigenvalue weighted by Gasteiger charge is -2.27. The van der Waals surface area contributed by atoms with Gasteiger partial charge in [0.15, 0.2) is 0 Å². The van der Waals surface area contributed by atoms with Gasteiger partial charge in [0.25, 0.3) is 0 Å². The number of nitrogens with two attached hydrogens (primary N) is 1. The molecule has 4 heteroatoms. The highest BCUT2D eigenvalue weighted by Crippen LogP contribution is 2.38. The number of rotatable bonds is 21. The van der Waals surface area contributed by atoms with Gasteiger partial charge in [0.2, 0.25) is 0 Å². The number of hydrogen-bond donors (Lipinski definition) is 1. The van der Waals surface area contributed by atoms with Gasteiger partial charge in [-0.2, -0.15) is 0 Å². The number of unbranched alkanes of at least 4 members (excludes halogenated alkanes) is 8. The van der Waals surface area contributed by atoms with E-state index in [1.54, 1.807) is 0 Å². The Morgan fingerprint density at radius 3 is 1.31 bits per heavy atom. The van der Waals surface area contributed by atoms with E-state index in [2.05, 4.69) is 137 Å². The Morgan fingerprint density at radius 1 is 0.531 bits per heavy atom. The van der Waals surface area contributed by atoms with Crippen molar-refractivity contribution in [2.45, 2.75) is 104 Å². The molecule has 0 fully saturated rings. The van der Waals surface area contributed by atoms with Crippen LogP contribution in [0.1, 0.15) is 121 Å². The lowest BCUT2D eigenvalue weighted by atomic mass is 9.86. The Morgan fingerprint density at radius 2 is 0.898 bits per heavy atom. The van der Waals surface area contributed by atoms with E-state index < -0.39 is 0 Å². The minimum absolute atomic E-state index is 0. The second-order valence-electron chi connectivity index (χ2n) is 13.9. The topological polar surface area (TPSA) is 44.5 Å². The predicted molar refractivity (Wildman–Crippen MR) is 216 cm³/mol. The number of hydrogen-bond acceptors (Lipinski definition) is 3.